The molecule has 4 N–H and O–H groups in total. The van der Waals surface area contributed by atoms with E-state index in [2.05, 4.69) is 21.2 Å². The van der Waals surface area contributed by atoms with Gasteiger partial charge in [-0.15, -0.1) is 0 Å². The molecule has 0 saturated heterocycles. The first-order valence-electron chi connectivity index (χ1n) is 1.56. The average molecular weight is 168 g/mol. The third kappa shape index (κ3) is 15.8. The number of primary amides is 2. The van der Waals surface area contributed by atoms with Gasteiger partial charge in [-0.3, -0.25) is 0 Å². The molecule has 0 aromatic carbocycles. The van der Waals surface area contributed by atoms with E-state index in [0.29, 0.717) is 0 Å². The van der Waals surface area contributed by atoms with Crippen molar-refractivity contribution in [2.24, 2.45) is 11.5 Å². The van der Waals surface area contributed by atoms with Crippen LogP contribution < -0.4 is 70.6 Å². The predicted molar refractivity (Wildman–Crippen MR) is 23.6 cm³/mol. The Hall–Kier alpha value is 0.540. The van der Waals surface area contributed by atoms with Crippen molar-refractivity contribution in [3.8, 4) is 0 Å². The molecule has 0 bridgehead atoms. The second-order valence-corrected chi connectivity index (χ2v) is 0.805. The Morgan fingerprint density at radius 3 is 1.30 bits per heavy atom. The molecule has 10 heavy (non-hydrogen) atoms. The fraction of sp³-hybridized carbons (Fsp3) is 0. The summed E-state index contributed by atoms with van der Waals surface area (Å²) in [6.45, 7) is 0. The molecule has 0 aromatic rings. The third-order valence-electron chi connectivity index (χ3n) is 0.206. The summed E-state index contributed by atoms with van der Waals surface area (Å²) in [5.41, 5.74) is 8.69. The minimum atomic E-state index is -1.22. The Bertz CT molecular complexity index is 112. The maximum Gasteiger partial charge on any atom is 1.00 e. The molecule has 0 atom stereocenters. The van der Waals surface area contributed by atoms with E-state index in [1.54, 1.807) is 0 Å². The van der Waals surface area contributed by atoms with Crippen LogP contribution >= 0.6 is 0 Å². The quantitative estimate of drug-likeness (QED) is 0.213. The van der Waals surface area contributed by atoms with E-state index in [9.17, 15) is 9.59 Å². The van der Waals surface area contributed by atoms with Crippen molar-refractivity contribution < 1.29 is 81.3 Å². The maximum atomic E-state index is 9.57. The molecule has 2 amide bonds. The van der Waals surface area contributed by atoms with Crippen molar-refractivity contribution in [3.05, 3.63) is 0 Å². The van der Waals surface area contributed by atoms with Gasteiger partial charge in [0.2, 0.25) is 0 Å². The molecular formula is C2H6N2Na2O4. The standard InChI is InChI=1S/C2H4N2O4.2Na.2H/c3-1(5)7-8-2(4)6;;;;/h(H2,3,5)(H2,4,6);;;;/q;2*+1;2*-1. The van der Waals surface area contributed by atoms with Crippen molar-refractivity contribution in [1.29, 1.82) is 0 Å². The molecule has 0 aliphatic rings. The van der Waals surface area contributed by atoms with Gasteiger partial charge in [0.25, 0.3) is 0 Å². The minimum absolute atomic E-state index is 0. The minimum Gasteiger partial charge on any atom is -1.00 e. The summed E-state index contributed by atoms with van der Waals surface area (Å²) in [6.07, 6.45) is -2.44. The van der Waals surface area contributed by atoms with Crippen LogP contribution in [-0.4, -0.2) is 12.2 Å². The molecule has 0 rings (SSSR count). The molecule has 6 nitrogen and oxygen atoms in total. The van der Waals surface area contributed by atoms with Gasteiger partial charge in [-0.2, -0.15) is 0 Å². The zero-order valence-corrected chi connectivity index (χ0v) is 9.79. The molecule has 0 spiro atoms. The van der Waals surface area contributed by atoms with Crippen molar-refractivity contribution in [3.63, 3.8) is 0 Å². The monoisotopic (exact) mass is 168 g/mol. The molecule has 0 radical (unpaired) electrons. The van der Waals surface area contributed by atoms with Crippen LogP contribution in [0.25, 0.3) is 0 Å². The van der Waals surface area contributed by atoms with E-state index < -0.39 is 12.2 Å². The van der Waals surface area contributed by atoms with E-state index >= 15 is 0 Å². The number of hydrogen-bond donors (Lipinski definition) is 2. The van der Waals surface area contributed by atoms with E-state index in [1.807, 2.05) is 0 Å². The Morgan fingerprint density at radius 1 is 1.00 bits per heavy atom. The summed E-state index contributed by atoms with van der Waals surface area (Å²) < 4.78 is 0. The zero-order chi connectivity index (χ0) is 6.57. The maximum absolute atomic E-state index is 9.57. The first-order chi connectivity index (χ1) is 3.63. The van der Waals surface area contributed by atoms with Crippen molar-refractivity contribution >= 4 is 12.2 Å². The first kappa shape index (κ1) is 16.9. The summed E-state index contributed by atoms with van der Waals surface area (Å²) in [7, 11) is 0. The van der Waals surface area contributed by atoms with Crippen LogP contribution in [0.5, 0.6) is 0 Å². The summed E-state index contributed by atoms with van der Waals surface area (Å²) in [4.78, 5) is 26.1. The van der Waals surface area contributed by atoms with Crippen LogP contribution in [0.1, 0.15) is 2.85 Å². The molecule has 0 aromatic heterocycles. The van der Waals surface area contributed by atoms with Gasteiger partial charge in [-0.1, -0.05) is 0 Å². The molecular weight excluding hydrogens is 162 g/mol. The zero-order valence-electron chi connectivity index (χ0n) is 7.79. The summed E-state index contributed by atoms with van der Waals surface area (Å²) in [6, 6.07) is 0. The van der Waals surface area contributed by atoms with Crippen LogP contribution in [-0.2, 0) is 9.78 Å². The smallest absolute Gasteiger partial charge is 1.00 e. The molecule has 0 aliphatic heterocycles. The van der Waals surface area contributed by atoms with Crippen LogP contribution in [0.3, 0.4) is 0 Å². The van der Waals surface area contributed by atoms with Gasteiger partial charge >= 0.3 is 71.3 Å². The topological polar surface area (TPSA) is 105 Å². The van der Waals surface area contributed by atoms with Gasteiger partial charge in [0.15, 0.2) is 0 Å². The number of carbonyl (C=O) groups is 2. The van der Waals surface area contributed by atoms with Crippen molar-refractivity contribution in [2.75, 3.05) is 0 Å². The molecule has 0 aliphatic carbocycles. The Labute approximate surface area is 104 Å². The van der Waals surface area contributed by atoms with Crippen molar-refractivity contribution in [1.82, 2.24) is 0 Å². The fourth-order valence-corrected chi connectivity index (χ4v) is 0.0821. The van der Waals surface area contributed by atoms with E-state index in [1.165, 1.54) is 0 Å². The summed E-state index contributed by atoms with van der Waals surface area (Å²) >= 11 is 0. The normalized spacial score (nSPS) is 6.00. The number of carbonyl (C=O) groups excluding carboxylic acids is 2. The van der Waals surface area contributed by atoms with Gasteiger partial charge in [-0.25, -0.2) is 19.4 Å². The Balaban J connectivity index is -0.0000000408. The van der Waals surface area contributed by atoms with Crippen LogP contribution in [0.15, 0.2) is 0 Å². The third-order valence-corrected chi connectivity index (χ3v) is 0.206. The number of rotatable bonds is 0. The number of nitrogens with two attached hydrogens (primary N) is 2. The molecule has 0 unspecified atom stereocenters. The average Bonchev–Trinajstić information content (AvgIpc) is 1.61. The Kier molecular flexibility index (Phi) is 16.1. The molecule has 8 heteroatoms. The Morgan fingerprint density at radius 2 is 1.20 bits per heavy atom. The fourth-order valence-electron chi connectivity index (χ4n) is 0.0821. The van der Waals surface area contributed by atoms with Gasteiger partial charge in [0.05, 0.1) is 0 Å². The predicted octanol–water partition coefficient (Wildman–Crippen LogP) is -6.68. The van der Waals surface area contributed by atoms with Crippen LogP contribution in [0.2, 0.25) is 0 Å². The van der Waals surface area contributed by atoms with Crippen molar-refractivity contribution in [2.45, 2.75) is 0 Å². The van der Waals surface area contributed by atoms with Gasteiger partial charge in [0, 0.05) is 0 Å². The molecule has 0 fully saturated rings. The second kappa shape index (κ2) is 9.54. The SMILES string of the molecule is NC(=O)OOC(N)=O.[H-].[H-].[Na+].[Na+]. The molecule has 0 saturated carbocycles. The van der Waals surface area contributed by atoms with Gasteiger partial charge < -0.3 is 14.3 Å². The largest absolute Gasteiger partial charge is 1.00 e. The van der Waals surface area contributed by atoms with E-state index in [0.717, 1.165) is 0 Å². The second-order valence-electron chi connectivity index (χ2n) is 0.805. The molecule has 0 heterocycles. The number of hydrogen-bond acceptors (Lipinski definition) is 4. The van der Waals surface area contributed by atoms with Crippen LogP contribution in [0.4, 0.5) is 9.59 Å². The van der Waals surface area contributed by atoms with E-state index in [4.69, 9.17) is 0 Å². The number of amides is 2. The molecule has 50 valence electrons. The van der Waals surface area contributed by atoms with Gasteiger partial charge in [-0.05, 0) is 0 Å². The first-order valence-corrected chi connectivity index (χ1v) is 1.56. The van der Waals surface area contributed by atoms with Crippen LogP contribution in [0, 0.1) is 0 Å². The summed E-state index contributed by atoms with van der Waals surface area (Å²) in [5, 5.41) is 0. The van der Waals surface area contributed by atoms with E-state index in [-0.39, 0.29) is 62.0 Å². The van der Waals surface area contributed by atoms with Gasteiger partial charge in [0.1, 0.15) is 0 Å². The summed E-state index contributed by atoms with van der Waals surface area (Å²) in [5.74, 6) is 0.